The summed E-state index contributed by atoms with van der Waals surface area (Å²) in [4.78, 5) is 24.9. The van der Waals surface area contributed by atoms with Crippen molar-refractivity contribution in [3.05, 3.63) is 52.4 Å². The van der Waals surface area contributed by atoms with Gasteiger partial charge in [0.25, 0.3) is 5.91 Å². The zero-order valence-electron chi connectivity index (χ0n) is 17.4. The number of hydrogen-bond acceptors (Lipinski definition) is 6. The monoisotopic (exact) mass is 484 g/mol. The van der Waals surface area contributed by atoms with Crippen LogP contribution in [0.1, 0.15) is 28.8 Å². The molecule has 4 heterocycles. The van der Waals surface area contributed by atoms with E-state index in [1.54, 1.807) is 5.48 Å². The Morgan fingerprint density at radius 1 is 1.23 bits per heavy atom. The molecule has 2 fully saturated rings. The second kappa shape index (κ2) is 7.89. The first-order valence-electron chi connectivity index (χ1n) is 10.4. The maximum atomic E-state index is 11.5. The lowest BCUT2D eigenvalue weighted by Gasteiger charge is -2.24. The molecule has 3 aromatic rings. The van der Waals surface area contributed by atoms with Crippen molar-refractivity contribution in [2.24, 2.45) is 12.5 Å². The average Bonchev–Trinajstić information content (AvgIpc) is 3.46. The zero-order chi connectivity index (χ0) is 21.6. The maximum absolute atomic E-state index is 11.5. The maximum Gasteiger partial charge on any atom is 0.277 e. The summed E-state index contributed by atoms with van der Waals surface area (Å²) in [5.41, 5.74) is 4.74. The molecule has 0 bridgehead atoms. The molecule has 0 aliphatic carbocycles. The lowest BCUT2D eigenvalue weighted by atomic mass is 9.86. The number of amides is 1. The summed E-state index contributed by atoms with van der Waals surface area (Å²) in [6, 6.07) is 6.47. The summed E-state index contributed by atoms with van der Waals surface area (Å²) in [5, 5.41) is 10.0. The molecule has 2 aliphatic rings. The van der Waals surface area contributed by atoms with Gasteiger partial charge in [-0.2, -0.15) is 0 Å². The highest BCUT2D eigenvalue weighted by atomic mass is 79.9. The first kappa shape index (κ1) is 20.4. The molecule has 1 amide bonds. The standard InChI is InChI=1S/C22H25BrN6O2/c1-27-11-16(18-8-17(23)2-3-19(18)27)12-28-6-4-22(13-28)5-7-29(14-22)21-24-9-15(10-25-21)20(30)26-31/h2-3,8-11,31H,4-7,12-14H2,1H3,(H,26,30). The van der Waals surface area contributed by atoms with Gasteiger partial charge in [0, 0.05) is 72.6 Å². The minimum absolute atomic E-state index is 0.244. The Bertz CT molecular complexity index is 1130. The van der Waals surface area contributed by atoms with Crippen molar-refractivity contribution in [1.29, 1.82) is 0 Å². The highest BCUT2D eigenvalue weighted by Gasteiger charge is 2.44. The van der Waals surface area contributed by atoms with Crippen molar-refractivity contribution in [2.45, 2.75) is 19.4 Å². The molecule has 162 valence electrons. The fraction of sp³-hybridized carbons (Fsp3) is 0.409. The van der Waals surface area contributed by atoms with E-state index in [0.717, 1.165) is 43.6 Å². The lowest BCUT2D eigenvalue weighted by molar-refractivity contribution is 0.0705. The quantitative estimate of drug-likeness (QED) is 0.437. The molecule has 0 radical (unpaired) electrons. The van der Waals surface area contributed by atoms with E-state index in [2.05, 4.69) is 71.7 Å². The van der Waals surface area contributed by atoms with Crippen LogP contribution in [0.15, 0.2) is 41.3 Å². The third kappa shape index (κ3) is 3.81. The molecule has 8 nitrogen and oxygen atoms in total. The third-order valence-electron chi connectivity index (χ3n) is 6.67. The van der Waals surface area contributed by atoms with Gasteiger partial charge in [-0.1, -0.05) is 15.9 Å². The van der Waals surface area contributed by atoms with E-state index in [1.165, 1.54) is 35.3 Å². The second-order valence-electron chi connectivity index (χ2n) is 8.77. The van der Waals surface area contributed by atoms with Gasteiger partial charge >= 0.3 is 0 Å². The predicted octanol–water partition coefficient (Wildman–Crippen LogP) is 2.95. The summed E-state index contributed by atoms with van der Waals surface area (Å²) >= 11 is 3.61. The summed E-state index contributed by atoms with van der Waals surface area (Å²) in [5.74, 6) is 0.0417. The summed E-state index contributed by atoms with van der Waals surface area (Å²) in [6.07, 6.45) is 7.45. The van der Waals surface area contributed by atoms with Gasteiger partial charge in [-0.15, -0.1) is 0 Å². The number of carbonyl (C=O) groups excluding carboxylic acids is 1. The Kier molecular flexibility index (Phi) is 5.19. The number of benzene rings is 1. The summed E-state index contributed by atoms with van der Waals surface area (Å²) in [7, 11) is 2.11. The van der Waals surface area contributed by atoms with Crippen LogP contribution in [0, 0.1) is 5.41 Å². The van der Waals surface area contributed by atoms with Crippen molar-refractivity contribution >= 4 is 38.7 Å². The van der Waals surface area contributed by atoms with Gasteiger partial charge in [-0.3, -0.25) is 14.9 Å². The van der Waals surface area contributed by atoms with E-state index < -0.39 is 5.91 Å². The third-order valence-corrected chi connectivity index (χ3v) is 7.16. The van der Waals surface area contributed by atoms with Crippen LogP contribution in [-0.2, 0) is 13.6 Å². The Hall–Kier alpha value is -2.49. The van der Waals surface area contributed by atoms with Crippen LogP contribution in [0.3, 0.4) is 0 Å². The fourth-order valence-corrected chi connectivity index (χ4v) is 5.44. The lowest BCUT2D eigenvalue weighted by Crippen LogP contribution is -2.31. The normalized spacial score (nSPS) is 21.5. The Balaban J connectivity index is 1.27. The highest BCUT2D eigenvalue weighted by molar-refractivity contribution is 9.10. The molecule has 5 rings (SSSR count). The number of halogens is 1. The first-order chi connectivity index (χ1) is 15.0. The molecule has 2 saturated heterocycles. The summed E-state index contributed by atoms with van der Waals surface area (Å²) in [6.45, 7) is 4.96. The largest absolute Gasteiger partial charge is 0.350 e. The van der Waals surface area contributed by atoms with E-state index in [9.17, 15) is 4.79 Å². The first-order valence-corrected chi connectivity index (χ1v) is 11.2. The number of hydroxylamine groups is 1. The molecule has 2 aliphatic heterocycles. The van der Waals surface area contributed by atoms with Crippen LogP contribution >= 0.6 is 15.9 Å². The van der Waals surface area contributed by atoms with Gasteiger partial charge in [0.15, 0.2) is 0 Å². The van der Waals surface area contributed by atoms with Gasteiger partial charge < -0.3 is 9.47 Å². The number of nitrogens with zero attached hydrogens (tertiary/aromatic N) is 5. The van der Waals surface area contributed by atoms with Crippen molar-refractivity contribution < 1.29 is 10.0 Å². The van der Waals surface area contributed by atoms with E-state index in [1.807, 2.05) is 0 Å². The molecule has 1 spiro atoms. The zero-order valence-corrected chi connectivity index (χ0v) is 19.0. The van der Waals surface area contributed by atoms with E-state index in [0.29, 0.717) is 5.95 Å². The van der Waals surface area contributed by atoms with Crippen LogP contribution < -0.4 is 10.4 Å². The number of hydrogen-bond donors (Lipinski definition) is 2. The number of rotatable bonds is 4. The molecule has 1 unspecified atom stereocenters. The van der Waals surface area contributed by atoms with Crippen LogP contribution in [0.5, 0.6) is 0 Å². The van der Waals surface area contributed by atoms with Gasteiger partial charge in [0.05, 0.1) is 5.56 Å². The van der Waals surface area contributed by atoms with Crippen molar-refractivity contribution in [3.8, 4) is 0 Å². The van der Waals surface area contributed by atoms with Crippen LogP contribution in [0.25, 0.3) is 10.9 Å². The van der Waals surface area contributed by atoms with Gasteiger partial charge in [-0.05, 0) is 43.1 Å². The van der Waals surface area contributed by atoms with Crippen LogP contribution in [0.2, 0.25) is 0 Å². The number of fused-ring (bicyclic) bond motifs is 1. The molecular formula is C22H25BrN6O2. The van der Waals surface area contributed by atoms with E-state index in [4.69, 9.17) is 5.21 Å². The van der Waals surface area contributed by atoms with E-state index in [-0.39, 0.29) is 11.0 Å². The summed E-state index contributed by atoms with van der Waals surface area (Å²) < 4.78 is 3.32. The number of likely N-dealkylation sites (tertiary alicyclic amines) is 1. The molecular weight excluding hydrogens is 460 g/mol. The van der Waals surface area contributed by atoms with Crippen LogP contribution in [0.4, 0.5) is 5.95 Å². The molecule has 9 heteroatoms. The number of aryl methyl sites for hydroxylation is 1. The number of nitrogens with one attached hydrogen (secondary N) is 1. The van der Waals surface area contributed by atoms with Gasteiger partial charge in [0.2, 0.25) is 5.95 Å². The van der Waals surface area contributed by atoms with Crippen molar-refractivity contribution in [1.82, 2.24) is 24.9 Å². The van der Waals surface area contributed by atoms with Gasteiger partial charge in [0.1, 0.15) is 0 Å². The fourth-order valence-electron chi connectivity index (χ4n) is 5.08. The Morgan fingerprint density at radius 2 is 2.00 bits per heavy atom. The molecule has 2 N–H and O–H groups in total. The topological polar surface area (TPSA) is 86.5 Å². The SMILES string of the molecule is Cn1cc(CN2CCC3(CCN(c4ncc(C(=O)NO)cn4)C3)C2)c2cc(Br)ccc21. The minimum Gasteiger partial charge on any atom is -0.350 e. The molecule has 2 aromatic heterocycles. The van der Waals surface area contributed by atoms with Crippen molar-refractivity contribution in [3.63, 3.8) is 0 Å². The van der Waals surface area contributed by atoms with Crippen LogP contribution in [-0.4, -0.2) is 56.7 Å². The average molecular weight is 485 g/mol. The number of aromatic nitrogens is 3. The van der Waals surface area contributed by atoms with E-state index >= 15 is 0 Å². The Labute approximate surface area is 189 Å². The highest BCUT2D eigenvalue weighted by Crippen LogP contribution is 2.41. The minimum atomic E-state index is -0.601. The molecule has 1 aromatic carbocycles. The Morgan fingerprint density at radius 3 is 2.77 bits per heavy atom. The van der Waals surface area contributed by atoms with Crippen molar-refractivity contribution in [2.75, 3.05) is 31.1 Å². The molecule has 31 heavy (non-hydrogen) atoms. The second-order valence-corrected chi connectivity index (χ2v) is 9.69. The smallest absolute Gasteiger partial charge is 0.277 e. The molecule has 0 saturated carbocycles. The predicted molar refractivity (Wildman–Crippen MR) is 121 cm³/mol. The number of carbonyl (C=O) groups is 1. The van der Waals surface area contributed by atoms with Gasteiger partial charge in [-0.25, -0.2) is 15.4 Å². The number of anilines is 1. The molecule has 1 atom stereocenters.